The monoisotopic (exact) mass is 491 g/mol. The van der Waals surface area contributed by atoms with Gasteiger partial charge in [-0.15, -0.1) is 0 Å². The number of nitrogens with two attached hydrogens (primary N) is 1. The Balaban J connectivity index is 1.66. The van der Waals surface area contributed by atoms with Crippen LogP contribution < -0.4 is 11.1 Å². The van der Waals surface area contributed by atoms with Gasteiger partial charge in [-0.2, -0.15) is 0 Å². The number of likely N-dealkylation sites (tertiary alicyclic amines) is 1. The Bertz CT molecular complexity index is 851. The van der Waals surface area contributed by atoms with Crippen LogP contribution in [0.15, 0.2) is 24.3 Å². The number of carbonyl (C=O) groups excluding carboxylic acids is 2. The second kappa shape index (κ2) is 11.0. The highest BCUT2D eigenvalue weighted by Crippen LogP contribution is 2.46. The van der Waals surface area contributed by atoms with Gasteiger partial charge in [0, 0.05) is 23.5 Å². The van der Waals surface area contributed by atoms with Crippen molar-refractivity contribution in [2.45, 2.75) is 90.3 Å². The zero-order chi connectivity index (χ0) is 25.1. The number of piperidine rings is 1. The number of hydrogen-bond acceptors (Lipinski definition) is 4. The van der Waals surface area contributed by atoms with E-state index in [0.29, 0.717) is 36.9 Å². The van der Waals surface area contributed by atoms with E-state index in [2.05, 4.69) is 5.32 Å². The van der Waals surface area contributed by atoms with Gasteiger partial charge in [0.05, 0.1) is 11.6 Å². The highest BCUT2D eigenvalue weighted by Gasteiger charge is 2.50. The molecule has 2 amide bonds. The standard InChI is InChI=1S/C27H42ClN3O3/c1-18(2)23(30-24(32)22(29)16-19-8-6-5-7-9-19)25(33)31-15-14-27(34,26(3,4)17-31)20-10-12-21(28)13-11-20/h10-13,18-19,22-23,34H,5-9,14-17,29H2,1-4H3,(H,30,32)/t22-,23-,27+/m1/s1. The van der Waals surface area contributed by atoms with E-state index in [9.17, 15) is 14.7 Å². The third-order valence-corrected chi connectivity index (χ3v) is 8.21. The zero-order valence-corrected chi connectivity index (χ0v) is 21.9. The van der Waals surface area contributed by atoms with Crippen LogP contribution in [0, 0.1) is 17.3 Å². The Morgan fingerprint density at radius 1 is 1.18 bits per heavy atom. The molecule has 190 valence electrons. The van der Waals surface area contributed by atoms with E-state index in [1.807, 2.05) is 39.8 Å². The van der Waals surface area contributed by atoms with Crippen molar-refractivity contribution in [2.24, 2.45) is 23.0 Å². The number of carbonyl (C=O) groups is 2. The first-order valence-corrected chi connectivity index (χ1v) is 13.2. The van der Waals surface area contributed by atoms with Crippen LogP contribution >= 0.6 is 11.6 Å². The molecular formula is C27H42ClN3O3. The third-order valence-electron chi connectivity index (χ3n) is 7.96. The minimum Gasteiger partial charge on any atom is -0.384 e. The summed E-state index contributed by atoms with van der Waals surface area (Å²) in [5, 5.41) is 15.2. The molecule has 2 fully saturated rings. The lowest BCUT2D eigenvalue weighted by Gasteiger charge is -2.51. The summed E-state index contributed by atoms with van der Waals surface area (Å²) in [6.45, 7) is 8.63. The number of halogens is 1. The molecule has 6 nitrogen and oxygen atoms in total. The molecule has 0 bridgehead atoms. The molecule has 1 aromatic carbocycles. The van der Waals surface area contributed by atoms with Crippen molar-refractivity contribution in [3.63, 3.8) is 0 Å². The molecule has 1 aliphatic heterocycles. The van der Waals surface area contributed by atoms with Gasteiger partial charge in [0.25, 0.3) is 0 Å². The number of aliphatic hydroxyl groups is 1. The molecular weight excluding hydrogens is 450 g/mol. The lowest BCUT2D eigenvalue weighted by molar-refractivity contribution is -0.156. The van der Waals surface area contributed by atoms with Gasteiger partial charge in [-0.05, 0) is 42.4 Å². The summed E-state index contributed by atoms with van der Waals surface area (Å²) in [5.41, 5.74) is 5.39. The molecule has 1 heterocycles. The molecule has 2 aliphatic rings. The van der Waals surface area contributed by atoms with Crippen molar-refractivity contribution in [2.75, 3.05) is 13.1 Å². The lowest BCUT2D eigenvalue weighted by atomic mass is 9.66. The normalized spacial score (nSPS) is 25.1. The van der Waals surface area contributed by atoms with Gasteiger partial charge in [0.15, 0.2) is 0 Å². The van der Waals surface area contributed by atoms with Crippen molar-refractivity contribution >= 4 is 23.4 Å². The summed E-state index contributed by atoms with van der Waals surface area (Å²) >= 11 is 6.04. The van der Waals surface area contributed by atoms with E-state index in [4.69, 9.17) is 17.3 Å². The van der Waals surface area contributed by atoms with Gasteiger partial charge >= 0.3 is 0 Å². The van der Waals surface area contributed by atoms with Crippen molar-refractivity contribution in [3.8, 4) is 0 Å². The van der Waals surface area contributed by atoms with Crippen LogP contribution in [0.3, 0.4) is 0 Å². The number of benzene rings is 1. The van der Waals surface area contributed by atoms with Gasteiger partial charge in [-0.1, -0.05) is 83.5 Å². The molecule has 1 saturated heterocycles. The van der Waals surface area contributed by atoms with Gasteiger partial charge in [0.2, 0.25) is 11.8 Å². The SMILES string of the molecule is CC(C)[C@@H](NC(=O)[C@H](N)CC1CCCCC1)C(=O)N1CC[C@](O)(c2ccc(Cl)cc2)C(C)(C)C1. The maximum Gasteiger partial charge on any atom is 0.245 e. The van der Waals surface area contributed by atoms with Crippen molar-refractivity contribution < 1.29 is 14.7 Å². The summed E-state index contributed by atoms with van der Waals surface area (Å²) in [7, 11) is 0. The van der Waals surface area contributed by atoms with E-state index in [-0.39, 0.29) is 17.7 Å². The van der Waals surface area contributed by atoms with Gasteiger partial charge < -0.3 is 21.1 Å². The predicted octanol–water partition coefficient (Wildman–Crippen LogP) is 4.22. The molecule has 3 rings (SSSR count). The average Bonchev–Trinajstić information content (AvgIpc) is 2.79. The first-order chi connectivity index (χ1) is 15.9. The maximum atomic E-state index is 13.5. The second-order valence-corrected chi connectivity index (χ2v) is 11.8. The topological polar surface area (TPSA) is 95.7 Å². The highest BCUT2D eigenvalue weighted by molar-refractivity contribution is 6.30. The van der Waals surface area contributed by atoms with Crippen molar-refractivity contribution in [1.29, 1.82) is 0 Å². The van der Waals surface area contributed by atoms with Crippen molar-refractivity contribution in [1.82, 2.24) is 10.2 Å². The van der Waals surface area contributed by atoms with Crippen LogP contribution in [0.5, 0.6) is 0 Å². The Morgan fingerprint density at radius 3 is 2.35 bits per heavy atom. The molecule has 1 aromatic rings. The van der Waals surface area contributed by atoms with E-state index in [1.54, 1.807) is 17.0 Å². The zero-order valence-electron chi connectivity index (χ0n) is 21.1. The fraction of sp³-hybridized carbons (Fsp3) is 0.704. The van der Waals surface area contributed by atoms with E-state index in [0.717, 1.165) is 18.4 Å². The largest absolute Gasteiger partial charge is 0.384 e. The quantitative estimate of drug-likeness (QED) is 0.532. The lowest BCUT2D eigenvalue weighted by Crippen LogP contribution is -2.61. The molecule has 0 unspecified atom stereocenters. The van der Waals surface area contributed by atoms with E-state index < -0.39 is 23.1 Å². The average molecular weight is 492 g/mol. The van der Waals surface area contributed by atoms with Crippen LogP contribution in [-0.4, -0.2) is 47.0 Å². The van der Waals surface area contributed by atoms with Crippen LogP contribution in [-0.2, 0) is 15.2 Å². The summed E-state index contributed by atoms with van der Waals surface area (Å²) < 4.78 is 0. The Hall–Kier alpha value is -1.63. The molecule has 1 aliphatic carbocycles. The summed E-state index contributed by atoms with van der Waals surface area (Å²) in [5.74, 6) is 0.0701. The number of nitrogens with zero attached hydrogens (tertiary/aromatic N) is 1. The number of nitrogens with one attached hydrogen (secondary N) is 1. The summed E-state index contributed by atoms with van der Waals surface area (Å²) in [4.78, 5) is 28.2. The van der Waals surface area contributed by atoms with Gasteiger partial charge in [-0.3, -0.25) is 9.59 Å². The second-order valence-electron chi connectivity index (χ2n) is 11.3. The van der Waals surface area contributed by atoms with Gasteiger partial charge in [-0.25, -0.2) is 0 Å². The molecule has 0 aromatic heterocycles. The van der Waals surface area contributed by atoms with Crippen LogP contribution in [0.4, 0.5) is 0 Å². The minimum atomic E-state index is -1.08. The first kappa shape index (κ1) is 27.0. The molecule has 0 spiro atoms. The van der Waals surface area contributed by atoms with E-state index in [1.165, 1.54) is 19.3 Å². The van der Waals surface area contributed by atoms with Gasteiger partial charge in [0.1, 0.15) is 6.04 Å². The Labute approximate surface area is 209 Å². The molecule has 3 atom stereocenters. The summed E-state index contributed by atoms with van der Waals surface area (Å²) in [6, 6.07) is 6.04. The fourth-order valence-corrected chi connectivity index (χ4v) is 5.76. The number of hydrogen-bond donors (Lipinski definition) is 3. The molecule has 0 radical (unpaired) electrons. The number of amides is 2. The Morgan fingerprint density at radius 2 is 1.79 bits per heavy atom. The Kier molecular flexibility index (Phi) is 8.70. The highest BCUT2D eigenvalue weighted by atomic mass is 35.5. The summed E-state index contributed by atoms with van der Waals surface area (Å²) in [6.07, 6.45) is 7.03. The maximum absolute atomic E-state index is 13.5. The van der Waals surface area contributed by atoms with E-state index >= 15 is 0 Å². The minimum absolute atomic E-state index is 0.0708. The van der Waals surface area contributed by atoms with Crippen molar-refractivity contribution in [3.05, 3.63) is 34.9 Å². The smallest absolute Gasteiger partial charge is 0.245 e. The molecule has 7 heteroatoms. The van der Waals surface area contributed by atoms with Crippen LogP contribution in [0.2, 0.25) is 5.02 Å². The third kappa shape index (κ3) is 5.95. The predicted molar refractivity (Wildman–Crippen MR) is 136 cm³/mol. The van der Waals surface area contributed by atoms with Crippen LogP contribution in [0.1, 0.15) is 78.2 Å². The van der Waals surface area contributed by atoms with Crippen LogP contribution in [0.25, 0.3) is 0 Å². The number of rotatable bonds is 7. The molecule has 4 N–H and O–H groups in total. The first-order valence-electron chi connectivity index (χ1n) is 12.8. The fourth-order valence-electron chi connectivity index (χ4n) is 5.63. The molecule has 34 heavy (non-hydrogen) atoms. The molecule has 1 saturated carbocycles.